The van der Waals surface area contributed by atoms with Crippen molar-refractivity contribution in [1.29, 1.82) is 0 Å². The van der Waals surface area contributed by atoms with Crippen LogP contribution in [-0.4, -0.2) is 123 Å². The maximum atomic E-state index is 14.3. The van der Waals surface area contributed by atoms with Crippen molar-refractivity contribution in [3.63, 3.8) is 0 Å². The zero-order chi connectivity index (χ0) is 42.7. The van der Waals surface area contributed by atoms with Crippen LogP contribution in [0.3, 0.4) is 0 Å². The van der Waals surface area contributed by atoms with Gasteiger partial charge in [-0.25, -0.2) is 4.58 Å². The Bertz CT molecular complexity index is 2270. The summed E-state index contributed by atoms with van der Waals surface area (Å²) in [5, 5.41) is 4.65. The number of likely N-dealkylation sites (N-methyl/N-ethyl adjacent to an activating group) is 1. The first-order valence-corrected chi connectivity index (χ1v) is 22.5. The number of ketones is 1. The Kier molecular flexibility index (Phi) is 16.0. The van der Waals surface area contributed by atoms with Gasteiger partial charge in [0.1, 0.15) is 30.2 Å². The predicted molar refractivity (Wildman–Crippen MR) is 231 cm³/mol. The molecule has 0 radical (unpaired) electrons. The molecule has 2 aliphatic heterocycles. The molecule has 1 aliphatic carbocycles. The van der Waals surface area contributed by atoms with Crippen molar-refractivity contribution in [2.75, 3.05) is 71.7 Å². The van der Waals surface area contributed by atoms with Crippen molar-refractivity contribution in [2.24, 2.45) is 5.92 Å². The lowest BCUT2D eigenvalue weighted by Gasteiger charge is -2.35. The van der Waals surface area contributed by atoms with Crippen LogP contribution in [0.2, 0.25) is 0 Å². The van der Waals surface area contributed by atoms with Crippen molar-refractivity contribution in [2.45, 2.75) is 66.2 Å². The fourth-order valence-corrected chi connectivity index (χ4v) is 8.58. The molecule has 1 saturated heterocycles. The highest BCUT2D eigenvalue weighted by atomic mass is 32.2. The molecule has 5 rings (SSSR count). The van der Waals surface area contributed by atoms with E-state index in [0.717, 1.165) is 83.2 Å². The van der Waals surface area contributed by atoms with E-state index >= 15 is 0 Å². The molecule has 1 fully saturated rings. The maximum absolute atomic E-state index is 14.3. The summed E-state index contributed by atoms with van der Waals surface area (Å²) in [5.41, 5.74) is 4.93. The average Bonchev–Trinajstić information content (AvgIpc) is 3.21. The number of nitrogens with zero attached hydrogens (tertiary/aromatic N) is 4. The van der Waals surface area contributed by atoms with Gasteiger partial charge in [-0.2, -0.15) is 8.42 Å². The fraction of sp³-hybridized carbons (Fsp3) is 0.489. The molecule has 0 aromatic heterocycles. The molecular formula is C45H60N5O8S+. The number of piperazine rings is 1. The van der Waals surface area contributed by atoms with E-state index in [1.54, 1.807) is 9.80 Å². The van der Waals surface area contributed by atoms with Gasteiger partial charge in [-0.05, 0) is 70.1 Å². The lowest BCUT2D eigenvalue weighted by atomic mass is 9.90. The number of carbonyl (C=O) groups excluding carboxylic acids is 4. The van der Waals surface area contributed by atoms with Crippen LogP contribution < -0.4 is 15.2 Å². The summed E-state index contributed by atoms with van der Waals surface area (Å²) >= 11 is 0. The van der Waals surface area contributed by atoms with E-state index in [1.165, 1.54) is 0 Å². The molecule has 2 heterocycles. The first-order valence-electron chi connectivity index (χ1n) is 20.9. The van der Waals surface area contributed by atoms with E-state index in [1.807, 2.05) is 56.4 Å². The van der Waals surface area contributed by atoms with Gasteiger partial charge in [0.2, 0.25) is 17.2 Å². The molecule has 3 amide bonds. The van der Waals surface area contributed by atoms with Gasteiger partial charge in [0, 0.05) is 86.7 Å². The van der Waals surface area contributed by atoms with E-state index in [2.05, 4.69) is 53.8 Å². The zero-order valence-corrected chi connectivity index (χ0v) is 36.0. The first-order chi connectivity index (χ1) is 28.2. The number of hydrogen-bond acceptors (Lipinski definition) is 8. The van der Waals surface area contributed by atoms with Crippen molar-refractivity contribution < 1.29 is 36.6 Å². The smallest absolute Gasteiger partial charge is 0.265 e. The minimum atomic E-state index is -4.53. The summed E-state index contributed by atoms with van der Waals surface area (Å²) in [6, 6.07) is 19.9. The molecule has 0 saturated carbocycles. The van der Waals surface area contributed by atoms with E-state index in [0.29, 0.717) is 25.2 Å². The monoisotopic (exact) mass is 830 g/mol. The second-order valence-electron chi connectivity index (χ2n) is 15.5. The van der Waals surface area contributed by atoms with Crippen molar-refractivity contribution in [3.8, 4) is 22.5 Å². The quantitative estimate of drug-likeness (QED) is 0.0568. The van der Waals surface area contributed by atoms with Crippen LogP contribution in [0.15, 0.2) is 65.1 Å². The van der Waals surface area contributed by atoms with Gasteiger partial charge in [0.15, 0.2) is 0 Å². The first kappa shape index (κ1) is 45.2. The van der Waals surface area contributed by atoms with Gasteiger partial charge >= 0.3 is 0 Å². The molecule has 2 aromatic carbocycles. The number of fused-ring (bicyclic) bond motifs is 2. The molecule has 14 heteroatoms. The molecule has 2 N–H and O–H groups in total. The number of unbranched alkanes of at least 4 members (excludes halogenated alkanes) is 2. The number of carbonyl (C=O) groups is 4. The second kappa shape index (κ2) is 20.9. The third-order valence-corrected chi connectivity index (χ3v) is 12.0. The second-order valence-corrected chi connectivity index (χ2v) is 17.0. The Labute approximate surface area is 348 Å². The molecule has 59 heavy (non-hydrogen) atoms. The highest BCUT2D eigenvalue weighted by Crippen LogP contribution is 2.41. The Morgan fingerprint density at radius 3 is 2.29 bits per heavy atom. The lowest BCUT2D eigenvalue weighted by Crippen LogP contribution is -2.50. The standard InChI is InChI=1S/C45H59N5O8S/c1-6-9-12-22-47(5)23-21-46-44(53)33(31-59(55,56)57)29-35(51)17-20-42(52)49-24-26-50(27-25-49)45(54)37-14-11-10-13-36(37)43-38-18-15-32(4)28-40(38)58-41-30-34(16-19-39(41)43)48(7-2)8-3/h10-11,13-16,18-19,28,30,33H,6-9,12,17,20-27,29,31H2,1-5H3,(H-,46,53,55,56,57)/p+1. The molecular weight excluding hydrogens is 771 g/mol. The van der Waals surface area contributed by atoms with E-state index in [9.17, 15) is 32.1 Å². The van der Waals surface area contributed by atoms with Crippen molar-refractivity contribution >= 4 is 44.6 Å². The molecule has 1 unspecified atom stereocenters. The van der Waals surface area contributed by atoms with Crippen LogP contribution in [0.5, 0.6) is 0 Å². The molecule has 1 atom stereocenters. The zero-order valence-electron chi connectivity index (χ0n) is 35.2. The summed E-state index contributed by atoms with van der Waals surface area (Å²) < 4.78 is 41.7. The van der Waals surface area contributed by atoms with Gasteiger partial charge < -0.3 is 24.4 Å². The largest absolute Gasteiger partial charge is 0.456 e. The van der Waals surface area contributed by atoms with Gasteiger partial charge in [-0.1, -0.05) is 50.1 Å². The highest BCUT2D eigenvalue weighted by Gasteiger charge is 2.30. The average molecular weight is 831 g/mol. The van der Waals surface area contributed by atoms with E-state index in [-0.39, 0.29) is 44.3 Å². The number of aryl methyl sites for hydroxylation is 1. The van der Waals surface area contributed by atoms with Crippen LogP contribution >= 0.6 is 0 Å². The number of Topliss-reactive ketones (excluding diaryl/α,β-unsaturated/α-hetero) is 1. The summed E-state index contributed by atoms with van der Waals surface area (Å²) in [6.45, 7) is 12.9. The maximum Gasteiger partial charge on any atom is 0.265 e. The van der Waals surface area contributed by atoms with Crippen molar-refractivity contribution in [1.82, 2.24) is 24.6 Å². The third-order valence-electron chi connectivity index (χ3n) is 11.1. The molecule has 2 aromatic rings. The number of rotatable bonds is 19. The van der Waals surface area contributed by atoms with E-state index < -0.39 is 39.9 Å². The number of amides is 3. The molecule has 13 nitrogen and oxygen atoms in total. The molecule has 3 aliphatic rings. The highest BCUT2D eigenvalue weighted by molar-refractivity contribution is 7.85. The Balaban J connectivity index is 1.23. The van der Waals surface area contributed by atoms with Crippen LogP contribution in [0.4, 0.5) is 0 Å². The van der Waals surface area contributed by atoms with Crippen LogP contribution in [0.25, 0.3) is 33.4 Å². The summed E-state index contributed by atoms with van der Waals surface area (Å²) in [5.74, 6) is -2.92. The van der Waals surface area contributed by atoms with Crippen LogP contribution in [0.1, 0.15) is 75.2 Å². The number of benzene rings is 3. The van der Waals surface area contributed by atoms with Crippen LogP contribution in [-0.2, 0) is 24.5 Å². The SMILES string of the molecule is CCCCCN(C)CCNC(=O)C(CC(=O)CCC(=O)N1CCN(C(=O)c2ccccc2-c2c3ccc(=[N+](CC)CC)cc-3oc3cc(C)ccc23)CC1)CS(=O)(=O)O. The molecule has 0 spiro atoms. The van der Waals surface area contributed by atoms with Gasteiger partial charge in [0.05, 0.1) is 17.7 Å². The minimum absolute atomic E-state index is 0.118. The Hall–Kier alpha value is -4.92. The minimum Gasteiger partial charge on any atom is -0.456 e. The molecule has 0 bridgehead atoms. The Morgan fingerprint density at radius 2 is 1.59 bits per heavy atom. The molecule has 318 valence electrons. The summed E-state index contributed by atoms with van der Waals surface area (Å²) in [7, 11) is -2.60. The predicted octanol–water partition coefficient (Wildman–Crippen LogP) is 5.09. The normalized spacial score (nSPS) is 13.9. The van der Waals surface area contributed by atoms with Crippen molar-refractivity contribution in [3.05, 3.63) is 77.1 Å². The topological polar surface area (TPSA) is 161 Å². The van der Waals surface area contributed by atoms with Gasteiger partial charge in [0.25, 0.3) is 16.0 Å². The summed E-state index contributed by atoms with van der Waals surface area (Å²) in [4.78, 5) is 58.8. The van der Waals surface area contributed by atoms with Crippen LogP contribution in [0, 0.1) is 12.8 Å². The lowest BCUT2D eigenvalue weighted by molar-refractivity contribution is -0.135. The Morgan fingerprint density at radius 1 is 0.881 bits per heavy atom. The van der Waals surface area contributed by atoms with E-state index in [4.69, 9.17) is 4.42 Å². The third kappa shape index (κ3) is 12.1. The fourth-order valence-electron chi connectivity index (χ4n) is 7.80. The van der Waals surface area contributed by atoms with Gasteiger partial charge in [-0.3, -0.25) is 23.7 Å². The summed E-state index contributed by atoms with van der Waals surface area (Å²) in [6.07, 6.45) is 2.52. The number of hydrogen-bond donors (Lipinski definition) is 2. The number of nitrogens with one attached hydrogen (secondary N) is 1. The van der Waals surface area contributed by atoms with Gasteiger partial charge in [-0.15, -0.1) is 0 Å².